The van der Waals surface area contributed by atoms with Crippen LogP contribution in [-0.2, 0) is 13.1 Å². The van der Waals surface area contributed by atoms with E-state index in [1.807, 2.05) is 0 Å². The van der Waals surface area contributed by atoms with Gasteiger partial charge in [0, 0.05) is 25.7 Å². The Labute approximate surface area is 122 Å². The summed E-state index contributed by atoms with van der Waals surface area (Å²) in [6, 6.07) is 3.09. The molecule has 4 nitrogen and oxygen atoms in total. The van der Waals surface area contributed by atoms with E-state index in [1.165, 1.54) is 51.0 Å². The van der Waals surface area contributed by atoms with Crippen molar-refractivity contribution in [3.8, 4) is 0 Å². The van der Waals surface area contributed by atoms with E-state index in [0.717, 1.165) is 30.7 Å². The van der Waals surface area contributed by atoms with E-state index in [0.29, 0.717) is 0 Å². The number of aryl methyl sites for hydroxylation is 2. The predicted molar refractivity (Wildman–Crippen MR) is 81.7 cm³/mol. The number of nitrogens with one attached hydrogen (secondary N) is 1. The van der Waals surface area contributed by atoms with Gasteiger partial charge in [-0.2, -0.15) is 5.10 Å². The molecule has 2 fully saturated rings. The van der Waals surface area contributed by atoms with Gasteiger partial charge in [0.2, 0.25) is 0 Å². The van der Waals surface area contributed by atoms with Crippen molar-refractivity contribution in [1.29, 1.82) is 0 Å². The second-order valence-corrected chi connectivity index (χ2v) is 6.47. The summed E-state index contributed by atoms with van der Waals surface area (Å²) in [6.45, 7) is 10.0. The zero-order valence-electron chi connectivity index (χ0n) is 12.9. The van der Waals surface area contributed by atoms with E-state index in [9.17, 15) is 0 Å². The standard InChI is InChI=1S/C16H28N4/c1-3-20-16(9-13(2)18-20)12-19(15-6-7-15)11-14-5-4-8-17-10-14/h9,14-15,17H,3-8,10-12H2,1-2H3. The Morgan fingerprint density at radius 2 is 2.25 bits per heavy atom. The molecule has 20 heavy (non-hydrogen) atoms. The second kappa shape index (κ2) is 6.27. The topological polar surface area (TPSA) is 33.1 Å². The Hall–Kier alpha value is -0.870. The summed E-state index contributed by atoms with van der Waals surface area (Å²) in [5.74, 6) is 0.837. The summed E-state index contributed by atoms with van der Waals surface area (Å²) < 4.78 is 2.17. The van der Waals surface area contributed by atoms with Gasteiger partial charge in [-0.1, -0.05) is 0 Å². The Kier molecular flexibility index (Phi) is 4.41. The molecule has 112 valence electrons. The lowest BCUT2D eigenvalue weighted by molar-refractivity contribution is 0.188. The van der Waals surface area contributed by atoms with Crippen molar-refractivity contribution < 1.29 is 0 Å². The molecule has 0 amide bonds. The first-order valence-electron chi connectivity index (χ1n) is 8.24. The van der Waals surface area contributed by atoms with Gasteiger partial charge in [-0.05, 0) is 64.6 Å². The van der Waals surface area contributed by atoms with Gasteiger partial charge in [-0.15, -0.1) is 0 Å². The van der Waals surface area contributed by atoms with Crippen molar-refractivity contribution in [2.75, 3.05) is 19.6 Å². The van der Waals surface area contributed by atoms with Crippen LogP contribution < -0.4 is 5.32 Å². The van der Waals surface area contributed by atoms with Gasteiger partial charge in [0.15, 0.2) is 0 Å². The van der Waals surface area contributed by atoms with Gasteiger partial charge in [0.1, 0.15) is 0 Å². The lowest BCUT2D eigenvalue weighted by Crippen LogP contribution is -2.39. The number of aromatic nitrogens is 2. The Bertz CT molecular complexity index is 430. The summed E-state index contributed by atoms with van der Waals surface area (Å²) in [5, 5.41) is 8.13. The maximum atomic E-state index is 4.59. The molecule has 0 spiro atoms. The Balaban J connectivity index is 1.64. The van der Waals surface area contributed by atoms with Crippen LogP contribution >= 0.6 is 0 Å². The van der Waals surface area contributed by atoms with Crippen molar-refractivity contribution in [3.63, 3.8) is 0 Å². The summed E-state index contributed by atoms with van der Waals surface area (Å²) in [7, 11) is 0. The molecular formula is C16H28N4. The number of nitrogens with zero attached hydrogens (tertiary/aromatic N) is 3. The molecule has 1 aromatic heterocycles. The number of piperidine rings is 1. The molecule has 2 heterocycles. The molecule has 2 aliphatic rings. The van der Waals surface area contributed by atoms with Crippen LogP contribution in [0.3, 0.4) is 0 Å². The highest BCUT2D eigenvalue weighted by molar-refractivity contribution is 5.09. The quantitative estimate of drug-likeness (QED) is 0.864. The first kappa shape index (κ1) is 14.1. The van der Waals surface area contributed by atoms with E-state index in [4.69, 9.17) is 0 Å². The van der Waals surface area contributed by atoms with Gasteiger partial charge in [0.05, 0.1) is 11.4 Å². The minimum atomic E-state index is 0.831. The van der Waals surface area contributed by atoms with Crippen molar-refractivity contribution in [3.05, 3.63) is 17.5 Å². The molecule has 1 unspecified atom stereocenters. The first-order valence-corrected chi connectivity index (χ1v) is 8.24. The number of hydrogen-bond donors (Lipinski definition) is 1. The van der Waals surface area contributed by atoms with Crippen LogP contribution in [0.4, 0.5) is 0 Å². The predicted octanol–water partition coefficient (Wildman–Crippen LogP) is 2.18. The van der Waals surface area contributed by atoms with Crippen molar-refractivity contribution in [1.82, 2.24) is 20.0 Å². The summed E-state index contributed by atoms with van der Waals surface area (Å²) in [6.07, 6.45) is 5.51. The van der Waals surface area contributed by atoms with Gasteiger partial charge in [-0.25, -0.2) is 0 Å². The molecule has 1 aliphatic heterocycles. The summed E-state index contributed by atoms with van der Waals surface area (Å²) in [4.78, 5) is 2.71. The molecule has 3 rings (SSSR count). The van der Waals surface area contributed by atoms with Crippen LogP contribution in [0.2, 0.25) is 0 Å². The molecule has 1 aliphatic carbocycles. The monoisotopic (exact) mass is 276 g/mol. The Morgan fingerprint density at radius 3 is 2.90 bits per heavy atom. The SMILES string of the molecule is CCn1nc(C)cc1CN(CC1CCCNC1)C1CC1. The smallest absolute Gasteiger partial charge is 0.0597 e. The second-order valence-electron chi connectivity index (χ2n) is 6.47. The minimum Gasteiger partial charge on any atom is -0.316 e. The third-order valence-corrected chi connectivity index (χ3v) is 4.61. The highest BCUT2D eigenvalue weighted by Crippen LogP contribution is 2.30. The van der Waals surface area contributed by atoms with Crippen molar-refractivity contribution >= 4 is 0 Å². The molecule has 0 aromatic carbocycles. The average Bonchev–Trinajstić information content (AvgIpc) is 3.24. The van der Waals surface area contributed by atoms with E-state index in [1.54, 1.807) is 0 Å². The average molecular weight is 276 g/mol. The fourth-order valence-electron chi connectivity index (χ4n) is 3.40. The molecule has 1 saturated heterocycles. The zero-order chi connectivity index (χ0) is 13.9. The highest BCUT2D eigenvalue weighted by atomic mass is 15.3. The maximum Gasteiger partial charge on any atom is 0.0597 e. The lowest BCUT2D eigenvalue weighted by atomic mass is 9.99. The number of hydrogen-bond acceptors (Lipinski definition) is 3. The summed E-state index contributed by atoms with van der Waals surface area (Å²) in [5.41, 5.74) is 2.54. The molecule has 1 atom stereocenters. The highest BCUT2D eigenvalue weighted by Gasteiger charge is 2.31. The first-order chi connectivity index (χ1) is 9.76. The van der Waals surface area contributed by atoms with Crippen LogP contribution in [0.15, 0.2) is 6.07 Å². The van der Waals surface area contributed by atoms with Crippen molar-refractivity contribution in [2.45, 2.75) is 58.7 Å². The molecule has 4 heteroatoms. The Morgan fingerprint density at radius 1 is 1.40 bits per heavy atom. The van der Waals surface area contributed by atoms with Gasteiger partial charge < -0.3 is 5.32 Å². The zero-order valence-corrected chi connectivity index (χ0v) is 12.9. The molecule has 1 N–H and O–H groups in total. The van der Waals surface area contributed by atoms with E-state index in [-0.39, 0.29) is 0 Å². The third kappa shape index (κ3) is 3.41. The third-order valence-electron chi connectivity index (χ3n) is 4.61. The van der Waals surface area contributed by atoms with Crippen LogP contribution in [-0.4, -0.2) is 40.4 Å². The van der Waals surface area contributed by atoms with Crippen LogP contribution in [0, 0.1) is 12.8 Å². The normalized spacial score (nSPS) is 23.4. The van der Waals surface area contributed by atoms with Gasteiger partial charge >= 0.3 is 0 Å². The largest absolute Gasteiger partial charge is 0.316 e. The molecular weight excluding hydrogens is 248 g/mol. The van der Waals surface area contributed by atoms with Crippen LogP contribution in [0.25, 0.3) is 0 Å². The fourth-order valence-corrected chi connectivity index (χ4v) is 3.40. The molecule has 0 bridgehead atoms. The maximum absolute atomic E-state index is 4.59. The lowest BCUT2D eigenvalue weighted by Gasteiger charge is -2.30. The van der Waals surface area contributed by atoms with Gasteiger partial charge in [-0.3, -0.25) is 9.58 Å². The van der Waals surface area contributed by atoms with Crippen LogP contribution in [0.1, 0.15) is 44.0 Å². The minimum absolute atomic E-state index is 0.831. The van der Waals surface area contributed by atoms with E-state index < -0.39 is 0 Å². The van der Waals surface area contributed by atoms with E-state index in [2.05, 4.69) is 39.9 Å². The van der Waals surface area contributed by atoms with Crippen LogP contribution in [0.5, 0.6) is 0 Å². The van der Waals surface area contributed by atoms with E-state index >= 15 is 0 Å². The molecule has 0 radical (unpaired) electrons. The number of rotatable bonds is 6. The van der Waals surface area contributed by atoms with Crippen molar-refractivity contribution in [2.24, 2.45) is 5.92 Å². The summed E-state index contributed by atoms with van der Waals surface area (Å²) >= 11 is 0. The fraction of sp³-hybridized carbons (Fsp3) is 0.812. The molecule has 1 saturated carbocycles. The van der Waals surface area contributed by atoms with Gasteiger partial charge in [0.25, 0.3) is 0 Å². The molecule has 1 aromatic rings.